The molecule has 12 rings (SSSR count). The van der Waals surface area contributed by atoms with Gasteiger partial charge in [0.2, 0.25) is 0 Å². The summed E-state index contributed by atoms with van der Waals surface area (Å²) in [6.45, 7) is 9.41. The number of hydrogen-bond acceptors (Lipinski definition) is 3. The average molecular weight is 724 g/mol. The zero-order chi connectivity index (χ0) is 37.5. The minimum Gasteiger partial charge on any atom is -0.457 e. The van der Waals surface area contributed by atoms with Crippen molar-refractivity contribution in [2.24, 2.45) is 0 Å². The van der Waals surface area contributed by atoms with E-state index >= 15 is 0 Å². The molecular formula is C50H37N5O. The lowest BCUT2D eigenvalue weighted by Crippen LogP contribution is -2.44. The van der Waals surface area contributed by atoms with E-state index in [4.69, 9.17) is 14.7 Å². The third-order valence-corrected chi connectivity index (χ3v) is 13.1. The van der Waals surface area contributed by atoms with Gasteiger partial charge in [-0.2, -0.15) is 0 Å². The second-order valence-electron chi connectivity index (χ2n) is 16.3. The highest BCUT2D eigenvalue weighted by atomic mass is 16.5. The largest absolute Gasteiger partial charge is 0.457 e. The number of benzene rings is 6. The van der Waals surface area contributed by atoms with Crippen LogP contribution in [0.3, 0.4) is 0 Å². The molecular weight excluding hydrogens is 687 g/mol. The predicted octanol–water partition coefficient (Wildman–Crippen LogP) is 12.6. The van der Waals surface area contributed by atoms with E-state index in [0.717, 1.165) is 72.3 Å². The number of nitrogens with zero attached hydrogens (tertiary/aromatic N) is 5. The molecule has 1 aliphatic heterocycles. The summed E-state index contributed by atoms with van der Waals surface area (Å²) in [4.78, 5) is 10.2. The van der Waals surface area contributed by atoms with Gasteiger partial charge >= 0.3 is 0 Å². The van der Waals surface area contributed by atoms with E-state index in [1.54, 1.807) is 0 Å². The average Bonchev–Trinajstić information content (AvgIpc) is 3.92. The lowest BCUT2D eigenvalue weighted by Gasteiger charge is -2.45. The van der Waals surface area contributed by atoms with Crippen LogP contribution in [-0.4, -0.2) is 23.5 Å². The lowest BCUT2D eigenvalue weighted by molar-refractivity contribution is 0.288. The number of rotatable bonds is 4. The van der Waals surface area contributed by atoms with Gasteiger partial charge in [0, 0.05) is 67.6 Å². The summed E-state index contributed by atoms with van der Waals surface area (Å²) in [7, 11) is 0. The molecule has 0 fully saturated rings. The van der Waals surface area contributed by atoms with Crippen LogP contribution < -0.4 is 4.74 Å². The molecule has 11 aromatic rings. The molecule has 6 nitrogen and oxygen atoms in total. The first-order valence-corrected chi connectivity index (χ1v) is 19.3. The molecule has 268 valence electrons. The molecule has 0 saturated carbocycles. The molecule has 0 N–H and O–H groups in total. The number of hydrogen-bond donors (Lipinski definition) is 0. The smallest absolute Gasteiger partial charge is 0.147 e. The fourth-order valence-corrected chi connectivity index (χ4v) is 9.68. The summed E-state index contributed by atoms with van der Waals surface area (Å²) in [6, 6.07) is 49.5. The van der Waals surface area contributed by atoms with E-state index in [0.29, 0.717) is 0 Å². The van der Waals surface area contributed by atoms with Gasteiger partial charge in [-0.3, -0.25) is 8.97 Å². The summed E-state index contributed by atoms with van der Waals surface area (Å²) in [5.74, 6) is 2.41. The maximum Gasteiger partial charge on any atom is 0.147 e. The van der Waals surface area contributed by atoms with Gasteiger partial charge in [0.25, 0.3) is 0 Å². The van der Waals surface area contributed by atoms with Crippen molar-refractivity contribution in [3.8, 4) is 23.0 Å². The van der Waals surface area contributed by atoms with E-state index in [-0.39, 0.29) is 10.8 Å². The highest BCUT2D eigenvalue weighted by molar-refractivity contribution is 6.16. The van der Waals surface area contributed by atoms with Gasteiger partial charge in [-0.1, -0.05) is 100 Å². The van der Waals surface area contributed by atoms with Crippen LogP contribution in [0, 0.1) is 0 Å². The third kappa shape index (κ3) is 3.95. The van der Waals surface area contributed by atoms with Gasteiger partial charge in [0.1, 0.15) is 23.0 Å². The minimum atomic E-state index is -0.112. The summed E-state index contributed by atoms with van der Waals surface area (Å²) < 4.78 is 13.9. The quantitative estimate of drug-likeness (QED) is 0.170. The highest BCUT2D eigenvalue weighted by Gasteiger charge is 2.46. The van der Waals surface area contributed by atoms with E-state index in [2.05, 4.69) is 187 Å². The van der Waals surface area contributed by atoms with Crippen molar-refractivity contribution < 1.29 is 4.74 Å². The van der Waals surface area contributed by atoms with E-state index < -0.39 is 0 Å². The van der Waals surface area contributed by atoms with Gasteiger partial charge in [-0.15, -0.1) is 0 Å². The van der Waals surface area contributed by atoms with Crippen LogP contribution in [0.2, 0.25) is 0 Å². The molecule has 0 aliphatic carbocycles. The van der Waals surface area contributed by atoms with Crippen LogP contribution in [0.4, 0.5) is 0 Å². The van der Waals surface area contributed by atoms with Gasteiger partial charge in [-0.25, -0.2) is 9.97 Å². The molecule has 0 radical (unpaired) electrons. The van der Waals surface area contributed by atoms with Gasteiger partial charge in [-0.05, 0) is 71.6 Å². The highest BCUT2D eigenvalue weighted by Crippen LogP contribution is 2.51. The molecule has 0 amide bonds. The van der Waals surface area contributed by atoms with Gasteiger partial charge in [0.05, 0.1) is 33.0 Å². The zero-order valence-electron chi connectivity index (χ0n) is 31.6. The van der Waals surface area contributed by atoms with Crippen LogP contribution in [0.25, 0.3) is 82.4 Å². The molecule has 1 aliphatic rings. The van der Waals surface area contributed by atoms with Crippen molar-refractivity contribution in [3.05, 3.63) is 163 Å². The van der Waals surface area contributed by atoms with Crippen LogP contribution >= 0.6 is 0 Å². The SMILES string of the molecule is CC1(C)c2cccc3c4ccc(Oc5ccc6c7ccccc7n(-c7nccc8c7c7ccccc7n8-c7ccccc7)c6c5)cc4c4ncc(n4c23)C1(C)C. The van der Waals surface area contributed by atoms with Crippen LogP contribution in [0.1, 0.15) is 39.0 Å². The predicted molar refractivity (Wildman–Crippen MR) is 229 cm³/mol. The standard InChI is InChI=1S/C50H37N5O/c1-49(2)39-18-12-17-36-33-23-21-31(27-38(33)47-52-29-44(50(49,3)4)55(47)46(36)39)56-32-22-24-35-34-15-8-10-19-40(34)54(43(35)28-32)48-45-37-16-9-11-20-41(37)53(42(45)25-26-51-48)30-13-6-5-7-14-30/h5-29H,1-4H3. The minimum absolute atomic E-state index is 0.0622. The molecule has 0 saturated heterocycles. The Kier molecular flexibility index (Phi) is 6.09. The first-order valence-electron chi connectivity index (χ1n) is 19.3. The number of imidazole rings is 1. The lowest BCUT2D eigenvalue weighted by atomic mass is 9.61. The normalized spacial score (nSPS) is 14.7. The van der Waals surface area contributed by atoms with Crippen molar-refractivity contribution in [3.63, 3.8) is 0 Å². The fourth-order valence-electron chi connectivity index (χ4n) is 9.68. The monoisotopic (exact) mass is 723 g/mol. The van der Waals surface area contributed by atoms with Gasteiger partial charge < -0.3 is 9.30 Å². The molecule has 0 spiro atoms. The van der Waals surface area contributed by atoms with Crippen molar-refractivity contribution in [2.75, 3.05) is 0 Å². The van der Waals surface area contributed by atoms with Crippen molar-refractivity contribution in [1.29, 1.82) is 0 Å². The summed E-state index contributed by atoms with van der Waals surface area (Å²) in [5, 5.41) is 8.07. The molecule has 56 heavy (non-hydrogen) atoms. The van der Waals surface area contributed by atoms with E-state index in [9.17, 15) is 0 Å². The Bertz CT molecular complexity index is 3450. The maximum absolute atomic E-state index is 6.81. The Labute approximate surface area is 322 Å². The number of pyridine rings is 2. The second kappa shape index (κ2) is 10.9. The Morgan fingerprint density at radius 2 is 1.18 bits per heavy atom. The Morgan fingerprint density at radius 1 is 0.500 bits per heavy atom. The molecule has 0 unspecified atom stereocenters. The third-order valence-electron chi connectivity index (χ3n) is 13.1. The zero-order valence-corrected chi connectivity index (χ0v) is 31.6. The van der Waals surface area contributed by atoms with Crippen molar-refractivity contribution in [1.82, 2.24) is 23.5 Å². The topological polar surface area (TPSA) is 49.3 Å². The maximum atomic E-state index is 6.81. The van der Waals surface area contributed by atoms with Crippen LogP contribution in [-0.2, 0) is 10.8 Å². The number of aromatic nitrogens is 5. The van der Waals surface area contributed by atoms with Crippen molar-refractivity contribution in [2.45, 2.75) is 38.5 Å². The fraction of sp³-hybridized carbons (Fsp3) is 0.120. The Hall–Kier alpha value is -6.92. The first-order chi connectivity index (χ1) is 27.3. The number of ether oxygens (including phenoxy) is 1. The van der Waals surface area contributed by atoms with Crippen LogP contribution in [0.5, 0.6) is 11.5 Å². The molecule has 0 bridgehead atoms. The van der Waals surface area contributed by atoms with E-state index in [1.165, 1.54) is 32.9 Å². The number of fused-ring (bicyclic) bond motifs is 9. The van der Waals surface area contributed by atoms with Crippen LogP contribution in [0.15, 0.2) is 152 Å². The van der Waals surface area contributed by atoms with Crippen molar-refractivity contribution >= 4 is 70.9 Å². The molecule has 0 atom stereocenters. The summed E-state index contributed by atoms with van der Waals surface area (Å²) in [5.41, 5.74) is 10.1. The molecule has 6 heteroatoms. The summed E-state index contributed by atoms with van der Waals surface area (Å²) >= 11 is 0. The Morgan fingerprint density at radius 3 is 2.00 bits per heavy atom. The first kappa shape index (κ1) is 31.4. The number of para-hydroxylation sites is 4. The van der Waals surface area contributed by atoms with E-state index in [1.807, 2.05) is 6.20 Å². The molecule has 6 heterocycles. The summed E-state index contributed by atoms with van der Waals surface area (Å²) in [6.07, 6.45) is 4.01. The Balaban J connectivity index is 1.06. The molecule has 5 aromatic heterocycles. The second-order valence-corrected chi connectivity index (χ2v) is 16.3. The van der Waals surface area contributed by atoms with Gasteiger partial charge in [0.15, 0.2) is 0 Å². The molecule has 6 aromatic carbocycles.